The average molecular weight is 342 g/mol. The van der Waals surface area contributed by atoms with Gasteiger partial charge in [-0.25, -0.2) is 0 Å². The first-order valence-corrected chi connectivity index (χ1v) is 4.82. The molecule has 0 aromatic carbocycles. The average Bonchev–Trinajstić information content (AvgIpc) is 1.50. The van der Waals surface area contributed by atoms with Crippen LogP contribution in [-0.2, 0) is 49.3 Å². The van der Waals surface area contributed by atoms with Crippen molar-refractivity contribution in [2.24, 2.45) is 0 Å². The number of rotatable bonds is 0. The van der Waals surface area contributed by atoms with Crippen molar-refractivity contribution in [1.29, 1.82) is 0 Å². The second kappa shape index (κ2) is 22.1. The Bertz CT molecular complexity index is 227. The summed E-state index contributed by atoms with van der Waals surface area (Å²) in [6.45, 7) is 1.94. The second-order valence-corrected chi connectivity index (χ2v) is 3.43. The van der Waals surface area contributed by atoms with E-state index in [1.54, 1.807) is 0 Å². The Morgan fingerprint density at radius 1 is 1.00 bits per heavy atom. The van der Waals surface area contributed by atoms with Gasteiger partial charge in [0.05, 0.1) is 0 Å². The number of carboxylic acid groups (broad SMARTS) is 2. The van der Waals surface area contributed by atoms with Crippen LogP contribution in [-0.4, -0.2) is 25.3 Å². The first kappa shape index (κ1) is 36.1. The van der Waals surface area contributed by atoms with Gasteiger partial charge in [-0.15, -0.1) is 9.05 Å². The Labute approximate surface area is 155 Å². The zero-order valence-electron chi connectivity index (χ0n) is 9.38. The molecule has 0 heterocycles. The van der Waals surface area contributed by atoms with E-state index in [0.717, 1.165) is 13.8 Å². The van der Waals surface area contributed by atoms with E-state index in [-0.39, 0.29) is 78.6 Å². The molecule has 0 aromatic heterocycles. The van der Waals surface area contributed by atoms with Crippen LogP contribution in [0, 0.1) is 0 Å². The molecule has 0 N–H and O–H groups in total. The van der Waals surface area contributed by atoms with Gasteiger partial charge in [-0.1, -0.05) is 0 Å². The molecule has 0 bridgehead atoms. The number of carbonyl (C=O) groups excluding carboxylic acids is 2. The molecule has 0 rings (SSSR count). The Morgan fingerprint density at radius 2 is 1.00 bits per heavy atom. The van der Waals surface area contributed by atoms with Gasteiger partial charge in [0.25, 0.3) is 0 Å². The summed E-state index contributed by atoms with van der Waals surface area (Å²) in [5.41, 5.74) is 0. The predicted octanol–water partition coefficient (Wildman–Crippen LogP) is -9.49. The minimum absolute atomic E-state index is 0. The first-order chi connectivity index (χ1) is 5.46. The minimum Gasteiger partial charge on any atom is -0.780 e. The van der Waals surface area contributed by atoms with E-state index < -0.39 is 21.0 Å². The fourth-order valence-corrected chi connectivity index (χ4v) is 0. The molecule has 0 saturated carbocycles. The van der Waals surface area contributed by atoms with Crippen molar-refractivity contribution in [2.45, 2.75) is 13.8 Å². The Hall–Kier alpha value is 1.85. The molecule has 80 valence electrons. The summed E-state index contributed by atoms with van der Waals surface area (Å²) in [4.78, 5) is 17.8. The van der Waals surface area contributed by atoms with E-state index in [0.29, 0.717) is 0 Å². The van der Waals surface area contributed by atoms with Gasteiger partial charge in [0.2, 0.25) is 0 Å². The van der Waals surface area contributed by atoms with Gasteiger partial charge in [0, 0.05) is 11.9 Å². The standard InChI is InChI=1S/2C2H4O2.2Na.H2O3S2.Zn/c2*1-2(3)4;;;1-5(2,3)4;/h2*1H3,(H,3,4);;;(H2,1,2,3,4);/q;;2*+1;;+2/p-4. The van der Waals surface area contributed by atoms with Crippen LogP contribution in [0.15, 0.2) is 0 Å². The van der Waals surface area contributed by atoms with Crippen LogP contribution in [0.3, 0.4) is 0 Å². The Balaban J connectivity index is -0.0000000216. The maximum absolute atomic E-state index is 8.89. The summed E-state index contributed by atoms with van der Waals surface area (Å²) in [5.74, 6) is -2.17. The fraction of sp³-hybridized carbons (Fsp3) is 0.500. The number of hydrogen-bond acceptors (Lipinski definition) is 8. The zero-order valence-corrected chi connectivity index (χ0v) is 18.0. The summed E-state index contributed by atoms with van der Waals surface area (Å²) in [7, 11) is -4.33. The van der Waals surface area contributed by atoms with E-state index >= 15 is 0 Å². The molecule has 12 heteroatoms. The van der Waals surface area contributed by atoms with Crippen molar-refractivity contribution < 1.29 is 112 Å². The van der Waals surface area contributed by atoms with Crippen LogP contribution < -0.4 is 69.3 Å². The summed E-state index contributed by atoms with van der Waals surface area (Å²) >= 11 is 3.24. The largest absolute Gasteiger partial charge is 2.00 e. The SMILES string of the molecule is CC(=O)[O-].CC(=O)[O-].O=S([O-])([O-])=S.[Na+].[Na+].[Zn+2]. The number of hydrogen-bond donors (Lipinski definition) is 0. The Morgan fingerprint density at radius 3 is 1.00 bits per heavy atom. The van der Waals surface area contributed by atoms with E-state index in [1.165, 1.54) is 0 Å². The van der Waals surface area contributed by atoms with Gasteiger partial charge in [0.1, 0.15) is 0 Å². The molecular weight excluding hydrogens is 336 g/mol. The van der Waals surface area contributed by atoms with Crippen LogP contribution in [0.1, 0.15) is 13.8 Å². The second-order valence-electron chi connectivity index (χ2n) is 1.39. The van der Waals surface area contributed by atoms with E-state index in [4.69, 9.17) is 33.1 Å². The van der Waals surface area contributed by atoms with Gasteiger partial charge in [0.15, 0.2) is 0 Å². The molecule has 0 aliphatic carbocycles. The van der Waals surface area contributed by atoms with Crippen molar-refractivity contribution in [1.82, 2.24) is 0 Å². The normalized spacial score (nSPS) is 6.75. The van der Waals surface area contributed by atoms with Crippen LogP contribution in [0.2, 0.25) is 0 Å². The molecular formula is C4H6Na2O7S2Zn. The van der Waals surface area contributed by atoms with E-state index in [2.05, 4.69) is 11.2 Å². The van der Waals surface area contributed by atoms with Crippen molar-refractivity contribution in [3.63, 3.8) is 0 Å². The smallest absolute Gasteiger partial charge is 0.780 e. The molecule has 0 aliphatic rings. The Kier molecular flexibility index (Phi) is 49.8. The van der Waals surface area contributed by atoms with Crippen molar-refractivity contribution in [3.05, 3.63) is 0 Å². The van der Waals surface area contributed by atoms with Crippen molar-refractivity contribution >= 4 is 32.2 Å². The molecule has 0 radical (unpaired) electrons. The number of carboxylic acids is 2. The monoisotopic (exact) mass is 340 g/mol. The summed E-state index contributed by atoms with van der Waals surface area (Å²) < 4.78 is 26.7. The maximum atomic E-state index is 8.89. The maximum Gasteiger partial charge on any atom is 2.00 e. The molecule has 0 fully saturated rings. The third kappa shape index (κ3) is 1020. The fourth-order valence-electron chi connectivity index (χ4n) is 0. The minimum atomic E-state index is -4.33. The molecule has 0 unspecified atom stereocenters. The van der Waals surface area contributed by atoms with Crippen molar-refractivity contribution in [2.75, 3.05) is 0 Å². The van der Waals surface area contributed by atoms with Crippen LogP contribution in [0.5, 0.6) is 0 Å². The van der Waals surface area contributed by atoms with Gasteiger partial charge in [-0.3, -0.25) is 4.21 Å². The van der Waals surface area contributed by atoms with E-state index in [1.807, 2.05) is 0 Å². The topological polar surface area (TPSA) is 143 Å². The molecule has 0 spiro atoms. The molecule has 0 saturated heterocycles. The van der Waals surface area contributed by atoms with Gasteiger partial charge in [-0.05, 0) is 25.0 Å². The number of aliphatic carboxylic acids is 2. The van der Waals surface area contributed by atoms with Gasteiger partial charge in [-0.2, -0.15) is 0 Å². The third-order valence-electron chi connectivity index (χ3n) is 0. The van der Waals surface area contributed by atoms with E-state index in [9.17, 15) is 0 Å². The van der Waals surface area contributed by atoms with Crippen LogP contribution in [0.25, 0.3) is 0 Å². The molecule has 0 aliphatic heterocycles. The van der Waals surface area contributed by atoms with Crippen molar-refractivity contribution in [3.8, 4) is 0 Å². The van der Waals surface area contributed by atoms with Crippen LogP contribution in [0.4, 0.5) is 0 Å². The quantitative estimate of drug-likeness (QED) is 0.395. The summed E-state index contributed by atoms with van der Waals surface area (Å²) in [6.07, 6.45) is 0. The zero-order chi connectivity index (χ0) is 11.7. The first-order valence-electron chi connectivity index (χ1n) is 2.48. The molecule has 0 atom stereocenters. The molecule has 0 aromatic rings. The van der Waals surface area contributed by atoms with Gasteiger partial charge < -0.3 is 28.9 Å². The predicted molar refractivity (Wildman–Crippen MR) is 38.4 cm³/mol. The number of carbonyl (C=O) groups is 2. The summed E-state index contributed by atoms with van der Waals surface area (Å²) in [6, 6.07) is 0. The summed E-state index contributed by atoms with van der Waals surface area (Å²) in [5, 5.41) is 17.8. The van der Waals surface area contributed by atoms with Crippen LogP contribution >= 0.6 is 0 Å². The molecule has 7 nitrogen and oxygen atoms in total. The third-order valence-corrected chi connectivity index (χ3v) is 0. The molecule has 16 heavy (non-hydrogen) atoms. The molecule has 0 amide bonds. The van der Waals surface area contributed by atoms with Gasteiger partial charge >= 0.3 is 78.6 Å².